The molecule has 0 aliphatic carbocycles. The summed E-state index contributed by atoms with van der Waals surface area (Å²) in [5, 5.41) is 3.65. The van der Waals surface area contributed by atoms with E-state index in [-0.39, 0.29) is 6.10 Å². The van der Waals surface area contributed by atoms with Gasteiger partial charge in [-0.2, -0.15) is 11.8 Å². The number of thioether (sulfide) groups is 1. The van der Waals surface area contributed by atoms with E-state index in [0.29, 0.717) is 12.0 Å². The third kappa shape index (κ3) is 1.85. The summed E-state index contributed by atoms with van der Waals surface area (Å²) in [5.41, 5.74) is 8.64. The molecule has 2 fully saturated rings. The van der Waals surface area contributed by atoms with Crippen molar-refractivity contribution in [2.24, 2.45) is 10.5 Å². The number of nitrogens with zero attached hydrogens (tertiary/aromatic N) is 3. The van der Waals surface area contributed by atoms with Crippen molar-refractivity contribution in [3.05, 3.63) is 10.4 Å². The van der Waals surface area contributed by atoms with Gasteiger partial charge in [-0.3, -0.25) is 0 Å². The number of ether oxygens (including phenoxy) is 1. The minimum atomic E-state index is 0.180. The van der Waals surface area contributed by atoms with E-state index in [0.717, 1.165) is 13.0 Å². The second-order valence-corrected chi connectivity index (χ2v) is 5.22. The fourth-order valence-electron chi connectivity index (χ4n) is 2.45. The molecule has 14 heavy (non-hydrogen) atoms. The summed E-state index contributed by atoms with van der Waals surface area (Å²) in [5.74, 6) is 2.46. The van der Waals surface area contributed by atoms with Crippen LogP contribution < -0.4 is 0 Å². The second kappa shape index (κ2) is 4.43. The summed E-state index contributed by atoms with van der Waals surface area (Å²) in [4.78, 5) is 2.82. The summed E-state index contributed by atoms with van der Waals surface area (Å²) < 4.78 is 5.67. The maximum atomic E-state index is 8.31. The Bertz CT molecular complexity index is 246. The third-order valence-electron chi connectivity index (χ3n) is 3.40. The van der Waals surface area contributed by atoms with Gasteiger partial charge in [0.2, 0.25) is 0 Å². The fourth-order valence-corrected chi connectivity index (χ4v) is 3.75. The molecule has 2 saturated heterocycles. The van der Waals surface area contributed by atoms with Gasteiger partial charge in [0.25, 0.3) is 0 Å². The smallest absolute Gasteiger partial charge is 0.0689 e. The zero-order valence-electron chi connectivity index (χ0n) is 8.19. The highest BCUT2D eigenvalue weighted by molar-refractivity contribution is 7.99. The van der Waals surface area contributed by atoms with Crippen LogP contribution in [0.15, 0.2) is 5.11 Å². The highest BCUT2D eigenvalue weighted by Crippen LogP contribution is 2.46. The van der Waals surface area contributed by atoms with Crippen LogP contribution in [0.25, 0.3) is 10.4 Å². The van der Waals surface area contributed by atoms with E-state index in [4.69, 9.17) is 10.3 Å². The van der Waals surface area contributed by atoms with Crippen molar-refractivity contribution in [2.75, 3.05) is 24.7 Å². The van der Waals surface area contributed by atoms with Crippen molar-refractivity contribution < 1.29 is 4.74 Å². The van der Waals surface area contributed by atoms with E-state index >= 15 is 0 Å². The topological polar surface area (TPSA) is 58.0 Å². The summed E-state index contributed by atoms with van der Waals surface area (Å²) in [7, 11) is 0. The molecule has 1 unspecified atom stereocenters. The van der Waals surface area contributed by atoms with Gasteiger partial charge in [-0.25, -0.2) is 0 Å². The van der Waals surface area contributed by atoms with Crippen LogP contribution in [-0.2, 0) is 4.74 Å². The first-order valence-corrected chi connectivity index (χ1v) is 6.23. The number of hydrogen-bond donors (Lipinski definition) is 0. The Kier molecular flexibility index (Phi) is 3.21. The Morgan fingerprint density at radius 3 is 2.93 bits per heavy atom. The van der Waals surface area contributed by atoms with Crippen LogP contribution in [-0.4, -0.2) is 30.8 Å². The van der Waals surface area contributed by atoms with E-state index in [9.17, 15) is 0 Å². The zero-order valence-corrected chi connectivity index (χ0v) is 9.00. The van der Waals surface area contributed by atoms with Gasteiger partial charge in [0.1, 0.15) is 0 Å². The average Bonchev–Trinajstić information content (AvgIpc) is 2.59. The van der Waals surface area contributed by atoms with Crippen molar-refractivity contribution in [1.82, 2.24) is 0 Å². The van der Waals surface area contributed by atoms with Crippen LogP contribution in [0.4, 0.5) is 0 Å². The van der Waals surface area contributed by atoms with Crippen LogP contribution in [0.5, 0.6) is 0 Å². The van der Waals surface area contributed by atoms with Crippen molar-refractivity contribution >= 4 is 11.8 Å². The highest BCUT2D eigenvalue weighted by Gasteiger charge is 2.44. The monoisotopic (exact) mass is 213 g/mol. The van der Waals surface area contributed by atoms with Crippen molar-refractivity contribution in [2.45, 2.75) is 25.4 Å². The normalized spacial score (nSPS) is 30.1. The molecule has 0 aromatic heterocycles. The van der Waals surface area contributed by atoms with Gasteiger partial charge in [-0.05, 0) is 36.3 Å². The summed E-state index contributed by atoms with van der Waals surface area (Å²) in [6.07, 6.45) is 3.78. The van der Waals surface area contributed by atoms with Gasteiger partial charge in [0.15, 0.2) is 0 Å². The molecule has 0 saturated carbocycles. The maximum Gasteiger partial charge on any atom is 0.0689 e. The zero-order chi connectivity index (χ0) is 9.86. The molecular weight excluding hydrogens is 198 g/mol. The van der Waals surface area contributed by atoms with Crippen molar-refractivity contribution in [3.63, 3.8) is 0 Å². The van der Waals surface area contributed by atoms with Crippen molar-refractivity contribution in [3.8, 4) is 0 Å². The lowest BCUT2D eigenvalue weighted by Gasteiger charge is -2.36. The first kappa shape index (κ1) is 10.1. The quantitative estimate of drug-likeness (QED) is 0.402. The number of hydrogen-bond acceptors (Lipinski definition) is 3. The lowest BCUT2D eigenvalue weighted by atomic mass is 9.76. The second-order valence-electron chi connectivity index (χ2n) is 4.00. The Morgan fingerprint density at radius 2 is 2.21 bits per heavy atom. The minimum absolute atomic E-state index is 0.180. The Morgan fingerprint density at radius 1 is 1.43 bits per heavy atom. The standard InChI is InChI=1S/C9H15N3OS/c10-12-11-7-8-9(1-4-13-8)2-5-14-6-3-9/h8H,1-7H2. The molecule has 0 radical (unpaired) electrons. The Balaban J connectivity index is 2.03. The molecule has 5 heteroatoms. The minimum Gasteiger partial charge on any atom is -0.377 e. The SMILES string of the molecule is [N-]=[N+]=NCC1OCCC12CCSCC2. The molecule has 0 bridgehead atoms. The van der Waals surface area contributed by atoms with Crippen LogP contribution in [0.2, 0.25) is 0 Å². The van der Waals surface area contributed by atoms with Gasteiger partial charge in [-0.15, -0.1) is 0 Å². The van der Waals surface area contributed by atoms with E-state index in [1.165, 1.54) is 24.3 Å². The average molecular weight is 213 g/mol. The van der Waals surface area contributed by atoms with Gasteiger partial charge in [0, 0.05) is 16.9 Å². The van der Waals surface area contributed by atoms with E-state index < -0.39 is 0 Å². The van der Waals surface area contributed by atoms with E-state index in [2.05, 4.69) is 10.0 Å². The molecule has 1 spiro atoms. The van der Waals surface area contributed by atoms with Crippen LogP contribution in [0.3, 0.4) is 0 Å². The Labute approximate surface area is 88.0 Å². The predicted octanol–water partition coefficient (Wildman–Crippen LogP) is 2.60. The molecule has 0 N–H and O–H groups in total. The summed E-state index contributed by atoms with van der Waals surface area (Å²) in [6, 6.07) is 0. The van der Waals surface area contributed by atoms with Gasteiger partial charge < -0.3 is 4.74 Å². The van der Waals surface area contributed by atoms with Gasteiger partial charge in [-0.1, -0.05) is 5.11 Å². The fraction of sp³-hybridized carbons (Fsp3) is 1.00. The van der Waals surface area contributed by atoms with Crippen LogP contribution in [0, 0.1) is 5.41 Å². The molecule has 0 aromatic carbocycles. The largest absolute Gasteiger partial charge is 0.377 e. The third-order valence-corrected chi connectivity index (χ3v) is 4.39. The lowest BCUT2D eigenvalue weighted by Crippen LogP contribution is -2.36. The predicted molar refractivity (Wildman–Crippen MR) is 57.4 cm³/mol. The number of rotatable bonds is 2. The first-order chi connectivity index (χ1) is 6.87. The molecule has 2 aliphatic rings. The van der Waals surface area contributed by atoms with Crippen LogP contribution in [0.1, 0.15) is 19.3 Å². The van der Waals surface area contributed by atoms with Gasteiger partial charge in [0.05, 0.1) is 12.6 Å². The first-order valence-electron chi connectivity index (χ1n) is 5.08. The molecule has 2 aliphatic heterocycles. The molecular formula is C9H15N3OS. The molecule has 0 amide bonds. The van der Waals surface area contributed by atoms with Crippen molar-refractivity contribution in [1.29, 1.82) is 0 Å². The molecule has 1 atom stereocenters. The Hall–Kier alpha value is -0.380. The molecule has 78 valence electrons. The van der Waals surface area contributed by atoms with Crippen LogP contribution >= 0.6 is 11.8 Å². The molecule has 0 aromatic rings. The maximum absolute atomic E-state index is 8.31. The lowest BCUT2D eigenvalue weighted by molar-refractivity contribution is 0.0510. The molecule has 4 nitrogen and oxygen atoms in total. The molecule has 2 rings (SSSR count). The highest BCUT2D eigenvalue weighted by atomic mass is 32.2. The molecule has 2 heterocycles. The van der Waals surface area contributed by atoms with E-state index in [1.54, 1.807) is 0 Å². The van der Waals surface area contributed by atoms with E-state index in [1.807, 2.05) is 11.8 Å². The van der Waals surface area contributed by atoms with Gasteiger partial charge >= 0.3 is 0 Å². The number of azide groups is 1. The summed E-state index contributed by atoms with van der Waals surface area (Å²) in [6.45, 7) is 1.36. The summed E-state index contributed by atoms with van der Waals surface area (Å²) >= 11 is 2.02.